The molecule has 1 aliphatic rings. The molecule has 1 saturated heterocycles. The van der Waals surface area contributed by atoms with Gasteiger partial charge in [0.25, 0.3) is 0 Å². The Kier molecular flexibility index (Phi) is 5.16. The molecule has 0 aliphatic carbocycles. The molecule has 0 spiro atoms. The normalized spacial score (nSPS) is 21.0. The van der Waals surface area contributed by atoms with Crippen LogP contribution in [0.2, 0.25) is 0 Å². The van der Waals surface area contributed by atoms with Crippen LogP contribution in [0.15, 0.2) is 24.3 Å². The van der Waals surface area contributed by atoms with E-state index in [0.717, 1.165) is 31.2 Å². The highest BCUT2D eigenvalue weighted by Gasteiger charge is 2.27. The second-order valence-corrected chi connectivity index (χ2v) is 7.69. The zero-order chi connectivity index (χ0) is 14.6. The highest BCUT2D eigenvalue weighted by atomic mass is 32.2. The summed E-state index contributed by atoms with van der Waals surface area (Å²) in [6.07, 6.45) is 3.71. The van der Waals surface area contributed by atoms with E-state index in [4.69, 9.17) is 0 Å². The van der Waals surface area contributed by atoms with Gasteiger partial charge in [-0.05, 0) is 56.2 Å². The number of halogens is 1. The molecule has 1 aliphatic heterocycles. The van der Waals surface area contributed by atoms with Gasteiger partial charge in [-0.15, -0.1) is 0 Å². The molecule has 1 atom stereocenters. The third kappa shape index (κ3) is 4.03. The number of nitrogens with zero attached hydrogens (tertiary/aromatic N) is 1. The van der Waals surface area contributed by atoms with Crippen molar-refractivity contribution in [1.29, 1.82) is 0 Å². The molecular formula is C15H22FNO2S. The Morgan fingerprint density at radius 2 is 2.20 bits per heavy atom. The zero-order valence-corrected chi connectivity index (χ0v) is 12.7. The standard InChI is InChI=1S/C15H22FNO2S/c1-2-20(18,19)17-10-4-6-14(12-17)9-8-13-5-3-7-15(16)11-13/h3,5,7,11,14H,2,4,6,8-10,12H2,1H3. The Morgan fingerprint density at radius 1 is 1.40 bits per heavy atom. The van der Waals surface area contributed by atoms with Crippen molar-refractivity contribution in [2.75, 3.05) is 18.8 Å². The van der Waals surface area contributed by atoms with Gasteiger partial charge >= 0.3 is 0 Å². The predicted octanol–water partition coefficient (Wildman–Crippen LogP) is 2.82. The first-order valence-electron chi connectivity index (χ1n) is 7.23. The fourth-order valence-electron chi connectivity index (χ4n) is 2.76. The molecule has 2 rings (SSSR count). The van der Waals surface area contributed by atoms with E-state index in [1.807, 2.05) is 6.07 Å². The Labute approximate surface area is 120 Å². The number of hydrogen-bond acceptors (Lipinski definition) is 2. The molecule has 112 valence electrons. The predicted molar refractivity (Wildman–Crippen MR) is 78.5 cm³/mol. The summed E-state index contributed by atoms with van der Waals surface area (Å²) in [6, 6.07) is 6.65. The van der Waals surface area contributed by atoms with Gasteiger partial charge in [0.05, 0.1) is 5.75 Å². The van der Waals surface area contributed by atoms with Gasteiger partial charge in [-0.25, -0.2) is 17.1 Å². The maximum Gasteiger partial charge on any atom is 0.213 e. The summed E-state index contributed by atoms with van der Waals surface area (Å²) < 4.78 is 38.5. The van der Waals surface area contributed by atoms with Gasteiger partial charge in [-0.1, -0.05) is 12.1 Å². The third-order valence-corrected chi connectivity index (χ3v) is 5.82. The summed E-state index contributed by atoms with van der Waals surface area (Å²) in [7, 11) is -3.07. The summed E-state index contributed by atoms with van der Waals surface area (Å²) in [4.78, 5) is 0. The molecule has 0 N–H and O–H groups in total. The smallest absolute Gasteiger partial charge is 0.212 e. The van der Waals surface area contributed by atoms with Crippen LogP contribution in [0.25, 0.3) is 0 Å². The van der Waals surface area contributed by atoms with Crippen LogP contribution < -0.4 is 0 Å². The Morgan fingerprint density at radius 3 is 2.90 bits per heavy atom. The number of sulfonamides is 1. The first-order chi connectivity index (χ1) is 9.51. The largest absolute Gasteiger partial charge is 0.213 e. The van der Waals surface area contributed by atoms with Crippen LogP contribution in [-0.2, 0) is 16.4 Å². The van der Waals surface area contributed by atoms with E-state index < -0.39 is 10.0 Å². The van der Waals surface area contributed by atoms with Crippen molar-refractivity contribution < 1.29 is 12.8 Å². The van der Waals surface area contributed by atoms with Crippen LogP contribution in [0.5, 0.6) is 0 Å². The van der Waals surface area contributed by atoms with E-state index >= 15 is 0 Å². The molecule has 0 radical (unpaired) electrons. The number of benzene rings is 1. The van der Waals surface area contributed by atoms with E-state index in [1.54, 1.807) is 23.4 Å². The summed E-state index contributed by atoms with van der Waals surface area (Å²) >= 11 is 0. The lowest BCUT2D eigenvalue weighted by atomic mass is 9.93. The van der Waals surface area contributed by atoms with Crippen LogP contribution >= 0.6 is 0 Å². The van der Waals surface area contributed by atoms with Gasteiger partial charge in [0, 0.05) is 13.1 Å². The van der Waals surface area contributed by atoms with E-state index in [0.29, 0.717) is 19.0 Å². The number of rotatable bonds is 5. The molecule has 1 heterocycles. The average Bonchev–Trinajstić information content (AvgIpc) is 2.45. The number of hydrogen-bond donors (Lipinski definition) is 0. The second kappa shape index (κ2) is 6.68. The van der Waals surface area contributed by atoms with E-state index in [9.17, 15) is 12.8 Å². The van der Waals surface area contributed by atoms with Crippen molar-refractivity contribution in [2.24, 2.45) is 5.92 Å². The van der Waals surface area contributed by atoms with Gasteiger partial charge in [-0.2, -0.15) is 0 Å². The van der Waals surface area contributed by atoms with Crippen LogP contribution in [0.3, 0.4) is 0 Å². The van der Waals surface area contributed by atoms with Crippen LogP contribution in [0, 0.1) is 11.7 Å². The van der Waals surface area contributed by atoms with E-state index in [-0.39, 0.29) is 11.6 Å². The van der Waals surface area contributed by atoms with E-state index in [1.165, 1.54) is 6.07 Å². The summed E-state index contributed by atoms with van der Waals surface area (Å²) in [5.74, 6) is 0.346. The van der Waals surface area contributed by atoms with Gasteiger partial charge in [-0.3, -0.25) is 0 Å². The van der Waals surface area contributed by atoms with Crippen molar-refractivity contribution in [2.45, 2.75) is 32.6 Å². The molecule has 20 heavy (non-hydrogen) atoms. The minimum absolute atomic E-state index is 0.170. The van der Waals surface area contributed by atoms with E-state index in [2.05, 4.69) is 0 Å². The van der Waals surface area contributed by atoms with Crippen LogP contribution in [-0.4, -0.2) is 31.6 Å². The molecule has 0 bridgehead atoms. The molecular weight excluding hydrogens is 277 g/mol. The Balaban J connectivity index is 1.90. The van der Waals surface area contributed by atoms with Gasteiger partial charge in [0.2, 0.25) is 10.0 Å². The lowest BCUT2D eigenvalue weighted by Crippen LogP contribution is -2.40. The van der Waals surface area contributed by atoms with Gasteiger partial charge < -0.3 is 0 Å². The highest BCUT2D eigenvalue weighted by Crippen LogP contribution is 2.23. The Bertz CT molecular complexity index is 545. The lowest BCUT2D eigenvalue weighted by molar-refractivity contribution is 0.256. The van der Waals surface area contributed by atoms with Crippen molar-refractivity contribution in [3.05, 3.63) is 35.6 Å². The Hall–Kier alpha value is -0.940. The second-order valence-electron chi connectivity index (χ2n) is 5.44. The number of aryl methyl sites for hydroxylation is 1. The molecule has 1 unspecified atom stereocenters. The molecule has 1 aromatic rings. The van der Waals surface area contributed by atoms with Crippen LogP contribution in [0.4, 0.5) is 4.39 Å². The van der Waals surface area contributed by atoms with Crippen LogP contribution in [0.1, 0.15) is 31.7 Å². The fraction of sp³-hybridized carbons (Fsp3) is 0.600. The third-order valence-electron chi connectivity index (χ3n) is 3.97. The van der Waals surface area contributed by atoms with Crippen molar-refractivity contribution in [1.82, 2.24) is 4.31 Å². The maximum absolute atomic E-state index is 13.1. The van der Waals surface area contributed by atoms with Gasteiger partial charge in [0.15, 0.2) is 0 Å². The topological polar surface area (TPSA) is 37.4 Å². The van der Waals surface area contributed by atoms with Gasteiger partial charge in [0.1, 0.15) is 5.82 Å². The first-order valence-corrected chi connectivity index (χ1v) is 8.84. The average molecular weight is 299 g/mol. The molecule has 0 aromatic heterocycles. The van der Waals surface area contributed by atoms with Crippen molar-refractivity contribution in [3.8, 4) is 0 Å². The molecule has 5 heteroatoms. The SMILES string of the molecule is CCS(=O)(=O)N1CCCC(CCc2cccc(F)c2)C1. The summed E-state index contributed by atoms with van der Waals surface area (Å²) in [5.41, 5.74) is 0.987. The van der Waals surface area contributed by atoms with Crippen molar-refractivity contribution >= 4 is 10.0 Å². The summed E-state index contributed by atoms with van der Waals surface area (Å²) in [6.45, 7) is 2.95. The lowest BCUT2D eigenvalue weighted by Gasteiger charge is -2.31. The quantitative estimate of drug-likeness (QED) is 0.838. The number of piperidine rings is 1. The molecule has 0 saturated carbocycles. The maximum atomic E-state index is 13.1. The monoisotopic (exact) mass is 299 g/mol. The molecule has 1 fully saturated rings. The molecule has 3 nitrogen and oxygen atoms in total. The van der Waals surface area contributed by atoms with Crippen molar-refractivity contribution in [3.63, 3.8) is 0 Å². The minimum Gasteiger partial charge on any atom is -0.212 e. The zero-order valence-electron chi connectivity index (χ0n) is 11.9. The fourth-order valence-corrected chi connectivity index (χ4v) is 3.97. The summed E-state index contributed by atoms with van der Waals surface area (Å²) in [5, 5.41) is 0. The molecule has 1 aromatic carbocycles. The minimum atomic E-state index is -3.07. The highest BCUT2D eigenvalue weighted by molar-refractivity contribution is 7.89. The molecule has 0 amide bonds. The first kappa shape index (κ1) is 15.4.